The molecule has 1 aromatic heterocycles. The second-order valence-electron chi connectivity index (χ2n) is 7.28. The van der Waals surface area contributed by atoms with Crippen molar-refractivity contribution in [3.63, 3.8) is 0 Å². The van der Waals surface area contributed by atoms with E-state index in [0.717, 1.165) is 22.6 Å². The molecular formula is C25H23N3O4. The first-order chi connectivity index (χ1) is 15.5. The number of fused-ring (bicyclic) bond motifs is 1. The molecule has 2 heterocycles. The number of nitrogens with zero attached hydrogens (tertiary/aromatic N) is 2. The number of hydrogen-bond donors (Lipinski definition) is 1. The molecule has 7 nitrogen and oxygen atoms in total. The Morgan fingerprint density at radius 1 is 1.19 bits per heavy atom. The normalized spacial score (nSPS) is 12.4. The Bertz CT molecular complexity index is 1250. The highest BCUT2D eigenvalue weighted by molar-refractivity contribution is 6.09. The van der Waals surface area contributed by atoms with E-state index < -0.39 is 5.91 Å². The number of nitrogens with one attached hydrogen (secondary N) is 1. The minimum absolute atomic E-state index is 0.0118. The molecule has 1 N–H and O–H groups in total. The van der Waals surface area contributed by atoms with Crippen LogP contribution in [0.3, 0.4) is 0 Å². The molecule has 0 aliphatic carbocycles. The largest absolute Gasteiger partial charge is 0.494 e. The van der Waals surface area contributed by atoms with Gasteiger partial charge in [0.05, 0.1) is 6.61 Å². The van der Waals surface area contributed by atoms with E-state index in [1.165, 1.54) is 0 Å². The minimum atomic E-state index is -0.478. The highest BCUT2D eigenvalue weighted by Gasteiger charge is 2.17. The number of rotatable bonds is 6. The average molecular weight is 429 g/mol. The summed E-state index contributed by atoms with van der Waals surface area (Å²) in [4.78, 5) is 12.7. The number of aromatic nitrogens is 1. The predicted octanol–water partition coefficient (Wildman–Crippen LogP) is 4.77. The van der Waals surface area contributed by atoms with Crippen LogP contribution in [0.4, 0.5) is 5.69 Å². The van der Waals surface area contributed by atoms with Crippen LogP contribution in [-0.2, 0) is 4.79 Å². The number of amides is 1. The molecular weight excluding hydrogens is 406 g/mol. The van der Waals surface area contributed by atoms with Crippen molar-refractivity contribution in [2.75, 3.05) is 18.7 Å². The first-order valence-corrected chi connectivity index (χ1v) is 10.2. The summed E-state index contributed by atoms with van der Waals surface area (Å²) in [6.45, 7) is 6.55. The molecule has 1 aliphatic heterocycles. The van der Waals surface area contributed by atoms with Gasteiger partial charge in [0, 0.05) is 34.9 Å². The summed E-state index contributed by atoms with van der Waals surface area (Å²) in [5.41, 5.74) is 4.15. The maximum absolute atomic E-state index is 12.7. The second-order valence-corrected chi connectivity index (χ2v) is 7.28. The van der Waals surface area contributed by atoms with E-state index in [4.69, 9.17) is 14.2 Å². The third kappa shape index (κ3) is 4.16. The van der Waals surface area contributed by atoms with Crippen molar-refractivity contribution in [2.45, 2.75) is 20.8 Å². The fourth-order valence-corrected chi connectivity index (χ4v) is 3.69. The smallest absolute Gasteiger partial charge is 0.266 e. The molecule has 0 fully saturated rings. The van der Waals surface area contributed by atoms with Crippen LogP contribution in [0.5, 0.6) is 17.2 Å². The van der Waals surface area contributed by atoms with E-state index in [9.17, 15) is 10.1 Å². The topological polar surface area (TPSA) is 85.5 Å². The fourth-order valence-electron chi connectivity index (χ4n) is 3.69. The SMILES string of the molecule is CCOc1cccc(NC(=O)/C(C#N)=C\c2cc(C)n(-c3ccc4c(c3)OCO4)c2C)c1. The fraction of sp³-hybridized carbons (Fsp3) is 0.200. The van der Waals surface area contributed by atoms with Gasteiger partial charge in [-0.05, 0) is 62.7 Å². The van der Waals surface area contributed by atoms with Crippen LogP contribution in [0.2, 0.25) is 0 Å². The number of nitriles is 1. The van der Waals surface area contributed by atoms with Crippen LogP contribution in [0, 0.1) is 25.2 Å². The summed E-state index contributed by atoms with van der Waals surface area (Å²) in [5.74, 6) is 1.58. The van der Waals surface area contributed by atoms with Crippen molar-refractivity contribution in [1.29, 1.82) is 5.26 Å². The number of aryl methyl sites for hydroxylation is 1. The number of carbonyl (C=O) groups excluding carboxylic acids is 1. The maximum atomic E-state index is 12.7. The monoisotopic (exact) mass is 429 g/mol. The van der Waals surface area contributed by atoms with E-state index in [-0.39, 0.29) is 12.4 Å². The van der Waals surface area contributed by atoms with Crippen molar-refractivity contribution in [3.8, 4) is 29.0 Å². The maximum Gasteiger partial charge on any atom is 0.266 e. The van der Waals surface area contributed by atoms with Crippen LogP contribution >= 0.6 is 0 Å². The van der Waals surface area contributed by atoms with Crippen molar-refractivity contribution in [2.24, 2.45) is 0 Å². The van der Waals surface area contributed by atoms with Crippen LogP contribution < -0.4 is 19.5 Å². The van der Waals surface area contributed by atoms with Gasteiger partial charge in [0.2, 0.25) is 6.79 Å². The lowest BCUT2D eigenvalue weighted by molar-refractivity contribution is -0.112. The molecule has 0 saturated carbocycles. The summed E-state index contributed by atoms with van der Waals surface area (Å²) in [6, 6.07) is 16.8. The van der Waals surface area contributed by atoms with E-state index in [0.29, 0.717) is 29.5 Å². The van der Waals surface area contributed by atoms with Crippen molar-refractivity contribution in [1.82, 2.24) is 4.57 Å². The van der Waals surface area contributed by atoms with Gasteiger partial charge < -0.3 is 24.1 Å². The molecule has 1 amide bonds. The van der Waals surface area contributed by atoms with Gasteiger partial charge in [0.15, 0.2) is 11.5 Å². The Kier molecular flexibility index (Phi) is 5.86. The number of ether oxygens (including phenoxy) is 3. The molecule has 4 rings (SSSR count). The summed E-state index contributed by atoms with van der Waals surface area (Å²) < 4.78 is 18.4. The summed E-state index contributed by atoms with van der Waals surface area (Å²) >= 11 is 0. The highest BCUT2D eigenvalue weighted by atomic mass is 16.7. The average Bonchev–Trinajstić information content (AvgIpc) is 3.35. The summed E-state index contributed by atoms with van der Waals surface area (Å²) in [6.07, 6.45) is 1.60. The molecule has 0 spiro atoms. The molecule has 1 aliphatic rings. The van der Waals surface area contributed by atoms with Crippen LogP contribution in [0.15, 0.2) is 54.1 Å². The van der Waals surface area contributed by atoms with Gasteiger partial charge >= 0.3 is 0 Å². The molecule has 7 heteroatoms. The van der Waals surface area contributed by atoms with Gasteiger partial charge in [-0.2, -0.15) is 5.26 Å². The molecule has 0 radical (unpaired) electrons. The zero-order chi connectivity index (χ0) is 22.7. The Morgan fingerprint density at radius 2 is 2.00 bits per heavy atom. The molecule has 3 aromatic rings. The van der Waals surface area contributed by atoms with Gasteiger partial charge in [-0.3, -0.25) is 4.79 Å². The number of hydrogen-bond acceptors (Lipinski definition) is 5. The van der Waals surface area contributed by atoms with E-state index in [1.807, 2.05) is 61.7 Å². The number of carbonyl (C=O) groups is 1. The van der Waals surface area contributed by atoms with Crippen LogP contribution in [-0.4, -0.2) is 23.9 Å². The molecule has 2 aromatic carbocycles. The van der Waals surface area contributed by atoms with E-state index in [2.05, 4.69) is 5.32 Å². The van der Waals surface area contributed by atoms with Crippen molar-refractivity contribution in [3.05, 3.63) is 71.1 Å². The highest BCUT2D eigenvalue weighted by Crippen LogP contribution is 2.35. The van der Waals surface area contributed by atoms with Crippen LogP contribution in [0.25, 0.3) is 11.8 Å². The first kappa shape index (κ1) is 21.1. The third-order valence-corrected chi connectivity index (χ3v) is 5.15. The third-order valence-electron chi connectivity index (χ3n) is 5.15. The Hall–Kier alpha value is -4.18. The standard InChI is InChI=1S/C25H23N3O4/c1-4-30-22-7-5-6-20(12-22)27-25(29)19(14-26)11-18-10-16(2)28(17(18)3)21-8-9-23-24(13-21)32-15-31-23/h5-13H,4,15H2,1-3H3,(H,27,29)/b19-11-. The van der Waals surface area contributed by atoms with Gasteiger partial charge in [-0.25, -0.2) is 0 Å². The van der Waals surface area contributed by atoms with E-state index in [1.54, 1.807) is 24.3 Å². The number of benzene rings is 2. The Morgan fingerprint density at radius 3 is 2.78 bits per heavy atom. The zero-order valence-corrected chi connectivity index (χ0v) is 18.1. The molecule has 0 atom stereocenters. The van der Waals surface area contributed by atoms with E-state index >= 15 is 0 Å². The predicted molar refractivity (Wildman–Crippen MR) is 121 cm³/mol. The van der Waals surface area contributed by atoms with Crippen molar-refractivity contribution < 1.29 is 19.0 Å². The lowest BCUT2D eigenvalue weighted by Crippen LogP contribution is -2.13. The molecule has 162 valence electrons. The van der Waals surface area contributed by atoms with Gasteiger partial charge in [-0.15, -0.1) is 0 Å². The Balaban J connectivity index is 1.61. The second kappa shape index (κ2) is 8.90. The lowest BCUT2D eigenvalue weighted by atomic mass is 10.1. The van der Waals surface area contributed by atoms with Gasteiger partial charge in [0.1, 0.15) is 17.4 Å². The number of anilines is 1. The molecule has 32 heavy (non-hydrogen) atoms. The lowest BCUT2D eigenvalue weighted by Gasteiger charge is -2.10. The Labute approximate surface area is 186 Å². The van der Waals surface area contributed by atoms with Gasteiger partial charge in [0.25, 0.3) is 5.91 Å². The van der Waals surface area contributed by atoms with Crippen LogP contribution in [0.1, 0.15) is 23.9 Å². The van der Waals surface area contributed by atoms with Gasteiger partial charge in [-0.1, -0.05) is 6.07 Å². The molecule has 0 unspecified atom stereocenters. The summed E-state index contributed by atoms with van der Waals surface area (Å²) in [7, 11) is 0. The molecule has 0 bridgehead atoms. The minimum Gasteiger partial charge on any atom is -0.494 e. The zero-order valence-electron chi connectivity index (χ0n) is 18.1. The quantitative estimate of drug-likeness (QED) is 0.451. The first-order valence-electron chi connectivity index (χ1n) is 10.2. The van der Waals surface area contributed by atoms with Crippen molar-refractivity contribution >= 4 is 17.7 Å². The summed E-state index contributed by atoms with van der Waals surface area (Å²) in [5, 5.41) is 12.4. The molecule has 0 saturated heterocycles.